The van der Waals surface area contributed by atoms with E-state index < -0.39 is 18.6 Å². The van der Waals surface area contributed by atoms with E-state index in [9.17, 15) is 18.0 Å². The number of carbonyl (C=O) groups excluding carboxylic acids is 1. The van der Waals surface area contributed by atoms with Crippen LogP contribution in [0.15, 0.2) is 16.5 Å². The molecule has 1 rings (SSSR count). The Kier molecular flexibility index (Phi) is 3.05. The molecule has 0 spiro atoms. The molecule has 0 fully saturated rings. The lowest BCUT2D eigenvalue weighted by Gasteiger charge is -2.06. The molecule has 14 heavy (non-hydrogen) atoms. The molecule has 1 aromatic rings. The van der Waals surface area contributed by atoms with Gasteiger partial charge in [0.25, 0.3) is 5.91 Å². The van der Waals surface area contributed by atoms with Crippen molar-refractivity contribution in [2.75, 3.05) is 6.54 Å². The van der Waals surface area contributed by atoms with E-state index in [0.717, 1.165) is 0 Å². The summed E-state index contributed by atoms with van der Waals surface area (Å²) in [4.78, 5) is 10.9. The van der Waals surface area contributed by atoms with E-state index in [1.807, 2.05) is 0 Å². The molecule has 0 bridgehead atoms. The Morgan fingerprint density at radius 1 is 1.50 bits per heavy atom. The highest BCUT2D eigenvalue weighted by Gasteiger charge is 2.28. The highest BCUT2D eigenvalue weighted by atomic mass is 35.5. The van der Waals surface area contributed by atoms with Gasteiger partial charge < -0.3 is 9.73 Å². The number of carbonyl (C=O) groups is 1. The van der Waals surface area contributed by atoms with Gasteiger partial charge in [0.15, 0.2) is 11.0 Å². The predicted molar refractivity (Wildman–Crippen MR) is 42.1 cm³/mol. The fraction of sp³-hybridized carbons (Fsp3) is 0.286. The molecule has 1 N–H and O–H groups in total. The van der Waals surface area contributed by atoms with Crippen molar-refractivity contribution in [2.24, 2.45) is 0 Å². The van der Waals surface area contributed by atoms with E-state index >= 15 is 0 Å². The van der Waals surface area contributed by atoms with Gasteiger partial charge in [0.2, 0.25) is 0 Å². The van der Waals surface area contributed by atoms with Crippen LogP contribution < -0.4 is 5.32 Å². The van der Waals surface area contributed by atoms with Crippen LogP contribution in [0.1, 0.15) is 10.6 Å². The van der Waals surface area contributed by atoms with Crippen LogP contribution in [0.4, 0.5) is 13.2 Å². The number of alkyl halides is 3. The normalized spacial score (nSPS) is 11.4. The fourth-order valence-electron chi connectivity index (χ4n) is 0.704. The number of furan rings is 1. The molecule has 1 heterocycles. The van der Waals surface area contributed by atoms with Crippen LogP contribution in [0, 0.1) is 0 Å². The van der Waals surface area contributed by atoms with Gasteiger partial charge in [0.1, 0.15) is 6.54 Å². The molecule has 3 nitrogen and oxygen atoms in total. The summed E-state index contributed by atoms with van der Waals surface area (Å²) in [6.45, 7) is -1.40. The van der Waals surface area contributed by atoms with Crippen molar-refractivity contribution in [2.45, 2.75) is 6.18 Å². The van der Waals surface area contributed by atoms with Gasteiger partial charge in [-0.15, -0.1) is 0 Å². The first-order valence-electron chi connectivity index (χ1n) is 3.49. The third-order valence-corrected chi connectivity index (χ3v) is 1.45. The monoisotopic (exact) mass is 227 g/mol. The molecule has 0 aliphatic heterocycles. The van der Waals surface area contributed by atoms with Crippen molar-refractivity contribution in [1.82, 2.24) is 5.32 Å². The van der Waals surface area contributed by atoms with Gasteiger partial charge in [0, 0.05) is 0 Å². The highest BCUT2D eigenvalue weighted by molar-refractivity contribution is 6.29. The van der Waals surface area contributed by atoms with Crippen molar-refractivity contribution in [3.05, 3.63) is 23.1 Å². The standard InChI is InChI=1S/C7H5ClF3NO2/c8-5-2-1-4(14-5)6(13)12-3-7(9,10)11/h1-2H,3H2,(H,12,13). The first kappa shape index (κ1) is 10.9. The molecule has 7 heteroatoms. The van der Waals surface area contributed by atoms with E-state index in [4.69, 9.17) is 11.6 Å². The predicted octanol–water partition coefficient (Wildman–Crippen LogP) is 2.23. The van der Waals surface area contributed by atoms with Gasteiger partial charge in [-0.1, -0.05) is 0 Å². The molecular formula is C7H5ClF3NO2. The molecule has 0 aliphatic rings. The average Bonchev–Trinajstić information content (AvgIpc) is 2.46. The second kappa shape index (κ2) is 3.91. The van der Waals surface area contributed by atoms with Crippen LogP contribution in [0.25, 0.3) is 0 Å². The van der Waals surface area contributed by atoms with Crippen LogP contribution in [-0.2, 0) is 0 Å². The van der Waals surface area contributed by atoms with Gasteiger partial charge in [-0.3, -0.25) is 4.79 Å². The Labute approximate surface area is 81.8 Å². The largest absolute Gasteiger partial charge is 0.440 e. The summed E-state index contributed by atoms with van der Waals surface area (Å²) in [7, 11) is 0. The number of halogens is 4. The minimum Gasteiger partial charge on any atom is -0.440 e. The second-order valence-electron chi connectivity index (χ2n) is 2.40. The van der Waals surface area contributed by atoms with Gasteiger partial charge in [-0.2, -0.15) is 13.2 Å². The maximum Gasteiger partial charge on any atom is 0.405 e. The molecule has 1 aromatic heterocycles. The average molecular weight is 228 g/mol. The Bertz CT molecular complexity index is 334. The van der Waals surface area contributed by atoms with Crippen LogP contribution >= 0.6 is 11.6 Å². The summed E-state index contributed by atoms with van der Waals surface area (Å²) >= 11 is 5.33. The Morgan fingerprint density at radius 2 is 2.14 bits per heavy atom. The summed E-state index contributed by atoms with van der Waals surface area (Å²) in [5.41, 5.74) is 0. The Balaban J connectivity index is 2.52. The maximum absolute atomic E-state index is 11.7. The third-order valence-electron chi connectivity index (χ3n) is 1.25. The zero-order chi connectivity index (χ0) is 10.8. The highest BCUT2D eigenvalue weighted by Crippen LogP contribution is 2.15. The van der Waals surface area contributed by atoms with Crippen molar-refractivity contribution < 1.29 is 22.4 Å². The van der Waals surface area contributed by atoms with Crippen molar-refractivity contribution in [1.29, 1.82) is 0 Å². The van der Waals surface area contributed by atoms with Crippen LogP contribution in [-0.4, -0.2) is 18.6 Å². The molecule has 0 atom stereocenters. The summed E-state index contributed by atoms with van der Waals surface area (Å²) in [6, 6.07) is 2.46. The van der Waals surface area contributed by atoms with Crippen LogP contribution in [0.3, 0.4) is 0 Å². The number of nitrogens with one attached hydrogen (secondary N) is 1. The van der Waals surface area contributed by atoms with E-state index in [1.165, 1.54) is 12.1 Å². The summed E-state index contributed by atoms with van der Waals surface area (Å²) in [6.07, 6.45) is -4.44. The molecule has 0 aromatic carbocycles. The molecular weight excluding hydrogens is 223 g/mol. The van der Waals surface area contributed by atoms with E-state index in [2.05, 4.69) is 4.42 Å². The zero-order valence-corrected chi connectivity index (χ0v) is 7.45. The number of rotatable bonds is 2. The van der Waals surface area contributed by atoms with Crippen molar-refractivity contribution in [3.8, 4) is 0 Å². The number of hydrogen-bond donors (Lipinski definition) is 1. The van der Waals surface area contributed by atoms with Crippen LogP contribution in [0.5, 0.6) is 0 Å². The Morgan fingerprint density at radius 3 is 2.57 bits per heavy atom. The van der Waals surface area contributed by atoms with Crippen LogP contribution in [0.2, 0.25) is 5.22 Å². The first-order valence-corrected chi connectivity index (χ1v) is 3.86. The lowest BCUT2D eigenvalue weighted by Crippen LogP contribution is -2.33. The first-order chi connectivity index (χ1) is 6.38. The SMILES string of the molecule is O=C(NCC(F)(F)F)c1ccc(Cl)o1. The summed E-state index contributed by atoms with van der Waals surface area (Å²) < 4.78 is 39.6. The maximum atomic E-state index is 11.7. The minimum atomic E-state index is -4.44. The van der Waals surface area contributed by atoms with Crippen molar-refractivity contribution >= 4 is 17.5 Å². The third kappa shape index (κ3) is 3.29. The smallest absolute Gasteiger partial charge is 0.405 e. The Hall–Kier alpha value is -1.17. The topological polar surface area (TPSA) is 42.2 Å². The molecule has 0 saturated carbocycles. The van der Waals surface area contributed by atoms with Crippen molar-refractivity contribution in [3.63, 3.8) is 0 Å². The number of amides is 1. The van der Waals surface area contributed by atoms with E-state index in [-0.39, 0.29) is 11.0 Å². The molecule has 1 amide bonds. The second-order valence-corrected chi connectivity index (χ2v) is 2.77. The molecule has 78 valence electrons. The van der Waals surface area contributed by atoms with Gasteiger partial charge in [-0.25, -0.2) is 0 Å². The molecule has 0 radical (unpaired) electrons. The lowest BCUT2D eigenvalue weighted by molar-refractivity contribution is -0.123. The number of hydrogen-bond acceptors (Lipinski definition) is 2. The quantitative estimate of drug-likeness (QED) is 0.842. The lowest BCUT2D eigenvalue weighted by atomic mass is 10.4. The molecule has 0 unspecified atom stereocenters. The summed E-state index contributed by atoms with van der Waals surface area (Å²) in [5, 5.41) is 1.58. The van der Waals surface area contributed by atoms with E-state index in [1.54, 1.807) is 5.32 Å². The van der Waals surface area contributed by atoms with Gasteiger partial charge >= 0.3 is 6.18 Å². The van der Waals surface area contributed by atoms with E-state index in [0.29, 0.717) is 0 Å². The fourth-order valence-corrected chi connectivity index (χ4v) is 0.850. The zero-order valence-electron chi connectivity index (χ0n) is 6.69. The molecule has 0 aliphatic carbocycles. The minimum absolute atomic E-state index is 0.0536. The van der Waals surface area contributed by atoms with Gasteiger partial charge in [0.05, 0.1) is 0 Å². The van der Waals surface area contributed by atoms with Gasteiger partial charge in [-0.05, 0) is 23.7 Å². The molecule has 0 saturated heterocycles. The summed E-state index contributed by atoms with van der Waals surface area (Å²) in [5.74, 6) is -1.20.